The summed E-state index contributed by atoms with van der Waals surface area (Å²) in [5.74, 6) is 0. The maximum atomic E-state index is 11.1. The number of hydrogen-bond acceptors (Lipinski definition) is 3. The van der Waals surface area contributed by atoms with Gasteiger partial charge in [0.2, 0.25) is 0 Å². The quantitative estimate of drug-likeness (QED) is 0.587. The smallest absolute Gasteiger partial charge is 0.163 e. The highest BCUT2D eigenvalue weighted by atomic mass is 32.2. The molecule has 0 aromatic carbocycles. The lowest BCUT2D eigenvalue weighted by molar-refractivity contribution is 0.366. The zero-order valence-corrected chi connectivity index (χ0v) is 8.06. The topological polar surface area (TPSA) is 37.4 Å². The van der Waals surface area contributed by atoms with Gasteiger partial charge in [0.15, 0.2) is 9.84 Å². The van der Waals surface area contributed by atoms with E-state index in [1.54, 1.807) is 25.1 Å². The summed E-state index contributed by atoms with van der Waals surface area (Å²) in [6.45, 7) is 3.51. The van der Waals surface area contributed by atoms with Crippen LogP contribution in [0.15, 0.2) is 12.7 Å². The van der Waals surface area contributed by atoms with Crippen molar-refractivity contribution in [1.29, 1.82) is 0 Å². The Labute approximate surface area is 68.6 Å². The lowest BCUT2D eigenvalue weighted by Gasteiger charge is -2.20. The molecule has 11 heavy (non-hydrogen) atoms. The SMILES string of the molecule is C=CCC(N(C)C)S(C)(=O)=O. The van der Waals surface area contributed by atoms with E-state index in [0.29, 0.717) is 6.42 Å². The van der Waals surface area contributed by atoms with Gasteiger partial charge in [-0.1, -0.05) is 6.08 Å². The summed E-state index contributed by atoms with van der Waals surface area (Å²) in [7, 11) is 0.519. The lowest BCUT2D eigenvalue weighted by atomic mass is 10.4. The predicted molar refractivity (Wildman–Crippen MR) is 47.1 cm³/mol. The molecule has 0 aliphatic rings. The highest BCUT2D eigenvalue weighted by Crippen LogP contribution is 2.07. The van der Waals surface area contributed by atoms with E-state index in [-0.39, 0.29) is 0 Å². The van der Waals surface area contributed by atoms with Crippen LogP contribution >= 0.6 is 0 Å². The fourth-order valence-electron chi connectivity index (χ4n) is 0.911. The molecule has 0 radical (unpaired) electrons. The van der Waals surface area contributed by atoms with Gasteiger partial charge in [-0.2, -0.15) is 0 Å². The molecule has 0 fully saturated rings. The molecule has 0 heterocycles. The molecule has 1 atom stereocenters. The third-order valence-corrected chi connectivity index (χ3v) is 3.04. The van der Waals surface area contributed by atoms with Crippen molar-refractivity contribution in [2.24, 2.45) is 0 Å². The minimum Gasteiger partial charge on any atom is -0.293 e. The van der Waals surface area contributed by atoms with Crippen LogP contribution in [0.25, 0.3) is 0 Å². The molecule has 66 valence electrons. The van der Waals surface area contributed by atoms with E-state index in [2.05, 4.69) is 6.58 Å². The second-order valence-electron chi connectivity index (χ2n) is 2.77. The van der Waals surface area contributed by atoms with E-state index in [0.717, 1.165) is 0 Å². The van der Waals surface area contributed by atoms with E-state index in [1.165, 1.54) is 6.26 Å². The first-order chi connectivity index (χ1) is 4.89. The molecule has 0 aromatic heterocycles. The molecule has 0 aliphatic carbocycles. The van der Waals surface area contributed by atoms with Gasteiger partial charge in [0.1, 0.15) is 5.37 Å². The van der Waals surface area contributed by atoms with Crippen molar-refractivity contribution in [2.75, 3.05) is 20.4 Å². The Morgan fingerprint density at radius 2 is 2.00 bits per heavy atom. The lowest BCUT2D eigenvalue weighted by Crippen LogP contribution is -2.34. The van der Waals surface area contributed by atoms with Crippen LogP contribution in [0.5, 0.6) is 0 Å². The average Bonchev–Trinajstić information content (AvgIpc) is 1.79. The van der Waals surface area contributed by atoms with Gasteiger partial charge in [-0.15, -0.1) is 6.58 Å². The summed E-state index contributed by atoms with van der Waals surface area (Å²) < 4.78 is 22.1. The summed E-state index contributed by atoms with van der Waals surface area (Å²) in [4.78, 5) is 1.68. The zero-order chi connectivity index (χ0) is 9.07. The molecule has 0 saturated carbocycles. The van der Waals surface area contributed by atoms with Gasteiger partial charge in [-0.25, -0.2) is 8.42 Å². The maximum Gasteiger partial charge on any atom is 0.163 e. The van der Waals surface area contributed by atoms with Gasteiger partial charge in [0.05, 0.1) is 0 Å². The van der Waals surface area contributed by atoms with Crippen molar-refractivity contribution < 1.29 is 8.42 Å². The number of hydrogen-bond donors (Lipinski definition) is 0. The van der Waals surface area contributed by atoms with Crippen molar-refractivity contribution in [2.45, 2.75) is 11.8 Å². The normalized spacial score (nSPS) is 14.9. The van der Waals surface area contributed by atoms with Crippen LogP contribution in [-0.4, -0.2) is 39.0 Å². The zero-order valence-electron chi connectivity index (χ0n) is 7.24. The highest BCUT2D eigenvalue weighted by molar-refractivity contribution is 7.91. The Morgan fingerprint density at radius 3 is 2.09 bits per heavy atom. The fourth-order valence-corrected chi connectivity index (χ4v) is 2.16. The van der Waals surface area contributed by atoms with Gasteiger partial charge >= 0.3 is 0 Å². The van der Waals surface area contributed by atoms with Crippen molar-refractivity contribution in [3.63, 3.8) is 0 Å². The molecular weight excluding hydrogens is 162 g/mol. The standard InChI is InChI=1S/C7H15NO2S/c1-5-6-7(8(2)3)11(4,9)10/h5,7H,1,6H2,2-4H3. The van der Waals surface area contributed by atoms with Crippen molar-refractivity contribution in [3.05, 3.63) is 12.7 Å². The van der Waals surface area contributed by atoms with Gasteiger partial charge < -0.3 is 0 Å². The van der Waals surface area contributed by atoms with Gasteiger partial charge in [0.25, 0.3) is 0 Å². The van der Waals surface area contributed by atoms with E-state index < -0.39 is 15.2 Å². The number of rotatable bonds is 4. The third-order valence-electron chi connectivity index (χ3n) is 1.44. The number of sulfone groups is 1. The Morgan fingerprint density at radius 1 is 1.55 bits per heavy atom. The Balaban J connectivity index is 4.48. The first-order valence-electron chi connectivity index (χ1n) is 3.35. The minimum atomic E-state index is -2.97. The van der Waals surface area contributed by atoms with Crippen LogP contribution in [0.3, 0.4) is 0 Å². The summed E-state index contributed by atoms with van der Waals surface area (Å²) in [5.41, 5.74) is 0. The largest absolute Gasteiger partial charge is 0.293 e. The highest BCUT2D eigenvalue weighted by Gasteiger charge is 2.20. The summed E-state index contributed by atoms with van der Waals surface area (Å²) >= 11 is 0. The second-order valence-corrected chi connectivity index (χ2v) is 4.98. The second kappa shape index (κ2) is 3.88. The summed E-state index contributed by atoms with van der Waals surface area (Å²) in [5, 5.41) is -0.431. The molecule has 1 unspecified atom stereocenters. The third kappa shape index (κ3) is 3.53. The maximum absolute atomic E-state index is 11.1. The van der Waals surface area contributed by atoms with E-state index >= 15 is 0 Å². The van der Waals surface area contributed by atoms with Crippen LogP contribution in [0.1, 0.15) is 6.42 Å². The molecule has 0 aromatic rings. The summed E-state index contributed by atoms with van der Waals surface area (Å²) in [6.07, 6.45) is 3.33. The minimum absolute atomic E-state index is 0.431. The average molecular weight is 177 g/mol. The van der Waals surface area contributed by atoms with Gasteiger partial charge in [-0.05, 0) is 20.5 Å². The molecule has 0 aliphatic heterocycles. The first kappa shape index (κ1) is 10.7. The van der Waals surface area contributed by atoms with Gasteiger partial charge in [0, 0.05) is 6.26 Å². The van der Waals surface area contributed by atoms with Gasteiger partial charge in [-0.3, -0.25) is 4.90 Å². The fraction of sp³-hybridized carbons (Fsp3) is 0.714. The van der Waals surface area contributed by atoms with Crippen molar-refractivity contribution in [3.8, 4) is 0 Å². The molecule has 3 nitrogen and oxygen atoms in total. The Hall–Kier alpha value is -0.350. The van der Waals surface area contributed by atoms with Crippen LogP contribution in [0.2, 0.25) is 0 Å². The monoisotopic (exact) mass is 177 g/mol. The Kier molecular flexibility index (Phi) is 3.75. The van der Waals surface area contributed by atoms with Crippen LogP contribution < -0.4 is 0 Å². The number of nitrogens with zero attached hydrogens (tertiary/aromatic N) is 1. The van der Waals surface area contributed by atoms with Crippen molar-refractivity contribution in [1.82, 2.24) is 4.90 Å². The Bertz CT molecular complexity index is 219. The van der Waals surface area contributed by atoms with E-state index in [4.69, 9.17) is 0 Å². The molecule has 0 bridgehead atoms. The molecule has 4 heteroatoms. The van der Waals surface area contributed by atoms with Crippen molar-refractivity contribution >= 4 is 9.84 Å². The first-order valence-corrected chi connectivity index (χ1v) is 5.31. The van der Waals surface area contributed by atoms with Crippen LogP contribution in [0, 0.1) is 0 Å². The molecular formula is C7H15NO2S. The molecule has 0 N–H and O–H groups in total. The van der Waals surface area contributed by atoms with Crippen LogP contribution in [-0.2, 0) is 9.84 Å². The van der Waals surface area contributed by atoms with Crippen LogP contribution in [0.4, 0.5) is 0 Å². The van der Waals surface area contributed by atoms with E-state index in [1.807, 2.05) is 0 Å². The predicted octanol–water partition coefficient (Wildman–Crippen LogP) is 0.495. The molecule has 0 rings (SSSR count). The molecule has 0 spiro atoms. The molecule has 0 saturated heterocycles. The molecule has 0 amide bonds. The van der Waals surface area contributed by atoms with E-state index in [9.17, 15) is 8.42 Å². The summed E-state index contributed by atoms with van der Waals surface area (Å²) in [6, 6.07) is 0.